The van der Waals surface area contributed by atoms with Crippen molar-refractivity contribution in [1.82, 2.24) is 14.9 Å². The van der Waals surface area contributed by atoms with E-state index in [0.717, 1.165) is 5.56 Å². The molecule has 1 heterocycles. The van der Waals surface area contributed by atoms with Crippen molar-refractivity contribution in [3.63, 3.8) is 0 Å². The van der Waals surface area contributed by atoms with Gasteiger partial charge in [0.1, 0.15) is 0 Å². The predicted octanol–water partition coefficient (Wildman–Crippen LogP) is 2.83. The van der Waals surface area contributed by atoms with Gasteiger partial charge in [0, 0.05) is 19.2 Å². The Morgan fingerprint density at radius 2 is 1.92 bits per heavy atom. The van der Waals surface area contributed by atoms with Gasteiger partial charge in [0.25, 0.3) is 11.5 Å². The maximum atomic E-state index is 12.3. The van der Waals surface area contributed by atoms with E-state index >= 15 is 0 Å². The van der Waals surface area contributed by atoms with Gasteiger partial charge in [-0.1, -0.05) is 29.8 Å². The molecule has 0 atom stereocenters. The van der Waals surface area contributed by atoms with Crippen LogP contribution in [0.15, 0.2) is 47.3 Å². The lowest BCUT2D eigenvalue weighted by Crippen LogP contribution is -2.23. The molecule has 0 aliphatic carbocycles. The zero-order chi connectivity index (χ0) is 17.3. The number of carbonyl (C=O) groups excluding carboxylic acids is 1. The minimum Gasteiger partial charge on any atom is -0.348 e. The summed E-state index contributed by atoms with van der Waals surface area (Å²) in [5.74, 6) is -0.197. The van der Waals surface area contributed by atoms with Crippen molar-refractivity contribution in [2.45, 2.75) is 13.5 Å². The van der Waals surface area contributed by atoms with Crippen molar-refractivity contribution in [2.75, 3.05) is 0 Å². The molecule has 0 saturated heterocycles. The van der Waals surface area contributed by atoms with E-state index in [4.69, 9.17) is 12.2 Å². The van der Waals surface area contributed by atoms with E-state index in [2.05, 4.69) is 10.3 Å². The summed E-state index contributed by atoms with van der Waals surface area (Å²) in [6, 6.07) is 12.9. The van der Waals surface area contributed by atoms with Crippen LogP contribution >= 0.6 is 12.2 Å². The molecule has 0 radical (unpaired) electrons. The van der Waals surface area contributed by atoms with Crippen LogP contribution in [0, 0.1) is 11.7 Å². The smallest absolute Gasteiger partial charge is 0.261 e. The first-order chi connectivity index (χ1) is 11.5. The molecular weight excluding hydrogens is 322 g/mol. The summed E-state index contributed by atoms with van der Waals surface area (Å²) >= 11 is 5.11. The van der Waals surface area contributed by atoms with Crippen LogP contribution in [0.2, 0.25) is 0 Å². The molecule has 0 aliphatic heterocycles. The highest BCUT2D eigenvalue weighted by atomic mass is 32.1. The molecule has 0 aliphatic rings. The Hall–Kier alpha value is -2.73. The number of aryl methyl sites for hydroxylation is 1. The van der Waals surface area contributed by atoms with Crippen LogP contribution in [0.25, 0.3) is 10.9 Å². The van der Waals surface area contributed by atoms with E-state index in [1.54, 1.807) is 25.2 Å². The van der Waals surface area contributed by atoms with Crippen molar-refractivity contribution < 1.29 is 4.79 Å². The maximum Gasteiger partial charge on any atom is 0.261 e. The Bertz CT molecular complexity index is 1030. The number of fused-ring (bicyclic) bond motifs is 1. The van der Waals surface area contributed by atoms with Gasteiger partial charge in [-0.05, 0) is 42.9 Å². The Kier molecular flexibility index (Phi) is 4.31. The second-order valence-corrected chi connectivity index (χ2v) is 6.11. The second kappa shape index (κ2) is 6.41. The molecule has 0 unspecified atom stereocenters. The Balaban J connectivity index is 1.85. The Morgan fingerprint density at radius 1 is 1.21 bits per heavy atom. The van der Waals surface area contributed by atoms with E-state index in [0.29, 0.717) is 27.8 Å². The number of aromatic nitrogens is 2. The minimum absolute atomic E-state index is 0.180. The number of benzene rings is 2. The van der Waals surface area contributed by atoms with Crippen molar-refractivity contribution >= 4 is 29.0 Å². The summed E-state index contributed by atoms with van der Waals surface area (Å²) in [5, 5.41) is 3.38. The molecule has 24 heavy (non-hydrogen) atoms. The third-order valence-electron chi connectivity index (χ3n) is 3.94. The molecule has 0 bridgehead atoms. The Labute approximate surface area is 144 Å². The van der Waals surface area contributed by atoms with Gasteiger partial charge in [-0.15, -0.1) is 0 Å². The SMILES string of the molecule is Cc1ccc(CNC(=O)c2ccc3c(=O)n(C)c(=S)[nH]c3c2)cc1. The van der Waals surface area contributed by atoms with Crippen molar-refractivity contribution in [2.24, 2.45) is 7.05 Å². The molecule has 0 spiro atoms. The van der Waals surface area contributed by atoms with Gasteiger partial charge < -0.3 is 10.3 Å². The Morgan fingerprint density at radius 3 is 2.62 bits per heavy atom. The highest BCUT2D eigenvalue weighted by molar-refractivity contribution is 7.71. The summed E-state index contributed by atoms with van der Waals surface area (Å²) in [6.07, 6.45) is 0. The highest BCUT2D eigenvalue weighted by Crippen LogP contribution is 2.11. The summed E-state index contributed by atoms with van der Waals surface area (Å²) < 4.78 is 1.69. The van der Waals surface area contributed by atoms with Crippen LogP contribution in [0.3, 0.4) is 0 Å². The number of hydrogen-bond acceptors (Lipinski definition) is 3. The lowest BCUT2D eigenvalue weighted by Gasteiger charge is -2.08. The zero-order valence-electron chi connectivity index (χ0n) is 13.4. The highest BCUT2D eigenvalue weighted by Gasteiger charge is 2.09. The first-order valence-corrected chi connectivity index (χ1v) is 7.93. The molecule has 2 aromatic carbocycles. The standard InChI is InChI=1S/C18H17N3O2S/c1-11-3-5-12(6-4-11)10-19-16(22)13-7-8-14-15(9-13)20-18(24)21(2)17(14)23/h3-9H,10H2,1-2H3,(H,19,22)(H,20,24). The topological polar surface area (TPSA) is 66.9 Å². The van der Waals surface area contributed by atoms with Crippen LogP contribution in [0.5, 0.6) is 0 Å². The molecule has 122 valence electrons. The first-order valence-electron chi connectivity index (χ1n) is 7.52. The summed E-state index contributed by atoms with van der Waals surface area (Å²) in [6.45, 7) is 2.47. The molecular formula is C18H17N3O2S. The van der Waals surface area contributed by atoms with Gasteiger partial charge in [-0.25, -0.2) is 0 Å². The zero-order valence-corrected chi connectivity index (χ0v) is 14.2. The van der Waals surface area contributed by atoms with Gasteiger partial charge in [-0.2, -0.15) is 0 Å². The number of carbonyl (C=O) groups is 1. The van der Waals surface area contributed by atoms with E-state index in [9.17, 15) is 9.59 Å². The summed E-state index contributed by atoms with van der Waals surface area (Å²) in [7, 11) is 1.61. The van der Waals surface area contributed by atoms with Crippen molar-refractivity contribution in [3.05, 3.63) is 74.3 Å². The van der Waals surface area contributed by atoms with Gasteiger partial charge in [0.05, 0.1) is 10.9 Å². The van der Waals surface area contributed by atoms with Crippen LogP contribution in [-0.4, -0.2) is 15.5 Å². The molecule has 1 aromatic heterocycles. The van der Waals surface area contributed by atoms with Gasteiger partial charge in [-0.3, -0.25) is 14.2 Å². The number of H-pyrrole nitrogens is 1. The fourth-order valence-corrected chi connectivity index (χ4v) is 2.63. The monoisotopic (exact) mass is 339 g/mol. The minimum atomic E-state index is -0.197. The number of nitrogens with zero attached hydrogens (tertiary/aromatic N) is 1. The average molecular weight is 339 g/mol. The van der Waals surface area contributed by atoms with Crippen LogP contribution in [-0.2, 0) is 13.6 Å². The van der Waals surface area contributed by atoms with Crippen LogP contribution < -0.4 is 10.9 Å². The fourth-order valence-electron chi connectivity index (χ4n) is 2.44. The second-order valence-electron chi connectivity index (χ2n) is 5.72. The molecule has 3 rings (SSSR count). The lowest BCUT2D eigenvalue weighted by molar-refractivity contribution is 0.0951. The molecule has 6 heteroatoms. The number of amides is 1. The van der Waals surface area contributed by atoms with Crippen molar-refractivity contribution in [3.8, 4) is 0 Å². The molecule has 0 saturated carbocycles. The third kappa shape index (κ3) is 3.14. The van der Waals surface area contributed by atoms with Gasteiger partial charge >= 0.3 is 0 Å². The fraction of sp³-hybridized carbons (Fsp3) is 0.167. The van der Waals surface area contributed by atoms with Crippen LogP contribution in [0.4, 0.5) is 0 Å². The van der Waals surface area contributed by atoms with Crippen molar-refractivity contribution in [1.29, 1.82) is 0 Å². The largest absolute Gasteiger partial charge is 0.348 e. The third-order valence-corrected chi connectivity index (χ3v) is 4.31. The maximum absolute atomic E-state index is 12.3. The van der Waals surface area contributed by atoms with Gasteiger partial charge in [0.2, 0.25) is 0 Å². The molecule has 5 nitrogen and oxygen atoms in total. The quantitative estimate of drug-likeness (QED) is 0.721. The normalized spacial score (nSPS) is 10.8. The van der Waals surface area contributed by atoms with E-state index in [1.165, 1.54) is 10.1 Å². The lowest BCUT2D eigenvalue weighted by atomic mass is 10.1. The number of nitrogens with one attached hydrogen (secondary N) is 2. The van der Waals surface area contributed by atoms with E-state index in [1.807, 2.05) is 31.2 Å². The molecule has 2 N–H and O–H groups in total. The van der Waals surface area contributed by atoms with E-state index < -0.39 is 0 Å². The number of rotatable bonds is 3. The first kappa shape index (κ1) is 16.1. The summed E-state index contributed by atoms with van der Waals surface area (Å²) in [4.78, 5) is 27.4. The molecule has 1 amide bonds. The molecule has 0 fully saturated rings. The molecule has 3 aromatic rings. The number of aromatic amines is 1. The van der Waals surface area contributed by atoms with Gasteiger partial charge in [0.15, 0.2) is 4.77 Å². The average Bonchev–Trinajstić information content (AvgIpc) is 2.58. The van der Waals surface area contributed by atoms with E-state index in [-0.39, 0.29) is 11.5 Å². The number of hydrogen-bond donors (Lipinski definition) is 2. The summed E-state index contributed by atoms with van der Waals surface area (Å²) in [5.41, 5.74) is 3.07. The van der Waals surface area contributed by atoms with Crippen LogP contribution in [0.1, 0.15) is 21.5 Å². The predicted molar refractivity (Wildman–Crippen MR) is 96.7 cm³/mol.